The molecule has 0 bridgehead atoms. The Kier molecular flexibility index (Phi) is 5.48. The molecule has 0 radical (unpaired) electrons. The Labute approximate surface area is 132 Å². The summed E-state index contributed by atoms with van der Waals surface area (Å²) < 4.78 is 29.1. The maximum absolute atomic E-state index is 14.1. The molecule has 0 spiro atoms. The van der Waals surface area contributed by atoms with Crippen LogP contribution in [0.3, 0.4) is 0 Å². The summed E-state index contributed by atoms with van der Waals surface area (Å²) in [6, 6.07) is 9.23. The predicted octanol–water partition coefficient (Wildman–Crippen LogP) is 5.12. The second kappa shape index (κ2) is 7.14. The maximum atomic E-state index is 14.1. The van der Waals surface area contributed by atoms with Crippen LogP contribution in [0.15, 0.2) is 40.9 Å². The van der Waals surface area contributed by atoms with Crippen molar-refractivity contribution in [3.05, 3.63) is 69.2 Å². The lowest BCUT2D eigenvalue weighted by Crippen LogP contribution is -2.25. The van der Waals surface area contributed by atoms with Gasteiger partial charge in [0.25, 0.3) is 0 Å². The summed E-state index contributed by atoms with van der Waals surface area (Å²) in [6.45, 7) is 4.68. The maximum Gasteiger partial charge on any atom is 0.131 e. The molecule has 1 unspecified atom stereocenters. The summed E-state index contributed by atoms with van der Waals surface area (Å²) >= 11 is 3.48. The van der Waals surface area contributed by atoms with E-state index in [0.29, 0.717) is 6.54 Å². The van der Waals surface area contributed by atoms with Gasteiger partial charge in [-0.2, -0.15) is 0 Å². The van der Waals surface area contributed by atoms with Crippen molar-refractivity contribution in [1.29, 1.82) is 0 Å². The van der Waals surface area contributed by atoms with Crippen molar-refractivity contribution in [2.75, 3.05) is 6.54 Å². The Morgan fingerprint density at radius 1 is 1.14 bits per heavy atom. The van der Waals surface area contributed by atoms with Gasteiger partial charge in [-0.05, 0) is 49.2 Å². The van der Waals surface area contributed by atoms with Crippen LogP contribution in [0.5, 0.6) is 0 Å². The van der Waals surface area contributed by atoms with E-state index < -0.39 is 17.7 Å². The number of aryl methyl sites for hydroxylation is 1. The highest BCUT2D eigenvalue weighted by Gasteiger charge is 2.21. The molecule has 0 fully saturated rings. The normalized spacial score (nSPS) is 12.4. The molecule has 0 aromatic heterocycles. The lowest BCUT2D eigenvalue weighted by atomic mass is 9.96. The summed E-state index contributed by atoms with van der Waals surface area (Å²) in [5, 5.41) is 3.23. The molecule has 0 aliphatic heterocycles. The van der Waals surface area contributed by atoms with Crippen LogP contribution in [-0.4, -0.2) is 6.54 Å². The van der Waals surface area contributed by atoms with E-state index in [1.54, 1.807) is 0 Å². The van der Waals surface area contributed by atoms with Gasteiger partial charge in [-0.15, -0.1) is 0 Å². The number of hydrogen-bond donors (Lipinski definition) is 1. The summed E-state index contributed by atoms with van der Waals surface area (Å²) in [5.41, 5.74) is 1.99. The average molecular weight is 354 g/mol. The predicted molar refractivity (Wildman–Crippen MR) is 85.4 cm³/mol. The van der Waals surface area contributed by atoms with Crippen LogP contribution in [0.25, 0.3) is 0 Å². The van der Waals surface area contributed by atoms with Gasteiger partial charge in [-0.1, -0.05) is 41.1 Å². The molecule has 4 heteroatoms. The van der Waals surface area contributed by atoms with E-state index in [4.69, 9.17) is 0 Å². The average Bonchev–Trinajstić information content (AvgIpc) is 2.45. The fraction of sp³-hybridized carbons (Fsp3) is 0.294. The van der Waals surface area contributed by atoms with Crippen molar-refractivity contribution in [3.8, 4) is 0 Å². The van der Waals surface area contributed by atoms with E-state index in [0.717, 1.165) is 22.0 Å². The quantitative estimate of drug-likeness (QED) is 0.785. The van der Waals surface area contributed by atoms with Crippen LogP contribution in [0.2, 0.25) is 0 Å². The lowest BCUT2D eigenvalue weighted by molar-refractivity contribution is 0.503. The van der Waals surface area contributed by atoms with Crippen molar-refractivity contribution in [2.45, 2.75) is 26.3 Å². The SMILES string of the molecule is CCCNC(c1ccc(C)c(Br)c1)c1c(F)cccc1F. The molecule has 2 aromatic carbocycles. The summed E-state index contributed by atoms with van der Waals surface area (Å²) in [6.07, 6.45) is 0.888. The first-order valence-corrected chi connectivity index (χ1v) is 7.77. The van der Waals surface area contributed by atoms with Gasteiger partial charge in [0.2, 0.25) is 0 Å². The van der Waals surface area contributed by atoms with Crippen molar-refractivity contribution in [2.24, 2.45) is 0 Å². The number of rotatable bonds is 5. The third kappa shape index (κ3) is 3.69. The Bertz CT molecular complexity index is 608. The van der Waals surface area contributed by atoms with Gasteiger partial charge >= 0.3 is 0 Å². The van der Waals surface area contributed by atoms with E-state index in [9.17, 15) is 8.78 Å². The van der Waals surface area contributed by atoms with Gasteiger partial charge in [0.15, 0.2) is 0 Å². The lowest BCUT2D eigenvalue weighted by Gasteiger charge is -2.21. The fourth-order valence-electron chi connectivity index (χ4n) is 2.25. The van der Waals surface area contributed by atoms with Crippen molar-refractivity contribution in [3.63, 3.8) is 0 Å². The zero-order chi connectivity index (χ0) is 15.4. The number of hydrogen-bond acceptors (Lipinski definition) is 1. The Morgan fingerprint density at radius 2 is 1.81 bits per heavy atom. The molecule has 0 amide bonds. The van der Waals surface area contributed by atoms with E-state index in [1.807, 2.05) is 32.0 Å². The third-order valence-electron chi connectivity index (χ3n) is 3.42. The van der Waals surface area contributed by atoms with Crippen LogP contribution in [0.4, 0.5) is 8.78 Å². The highest BCUT2D eigenvalue weighted by molar-refractivity contribution is 9.10. The first-order chi connectivity index (χ1) is 10.0. The molecule has 0 heterocycles. The Morgan fingerprint density at radius 3 is 2.38 bits per heavy atom. The first-order valence-electron chi connectivity index (χ1n) is 6.98. The zero-order valence-corrected chi connectivity index (χ0v) is 13.7. The van der Waals surface area contributed by atoms with Crippen LogP contribution < -0.4 is 5.32 Å². The van der Waals surface area contributed by atoms with Crippen LogP contribution >= 0.6 is 15.9 Å². The molecular weight excluding hydrogens is 336 g/mol. The van der Waals surface area contributed by atoms with Gasteiger partial charge in [0, 0.05) is 10.0 Å². The molecule has 112 valence electrons. The summed E-state index contributed by atoms with van der Waals surface area (Å²) in [7, 11) is 0. The molecular formula is C17H18BrF2N. The molecule has 0 saturated heterocycles. The van der Waals surface area contributed by atoms with Crippen molar-refractivity contribution < 1.29 is 8.78 Å². The zero-order valence-electron chi connectivity index (χ0n) is 12.1. The van der Waals surface area contributed by atoms with Gasteiger partial charge in [-0.25, -0.2) is 8.78 Å². The highest BCUT2D eigenvalue weighted by atomic mass is 79.9. The topological polar surface area (TPSA) is 12.0 Å². The van der Waals surface area contributed by atoms with E-state index >= 15 is 0 Å². The van der Waals surface area contributed by atoms with Gasteiger partial charge in [0.1, 0.15) is 11.6 Å². The molecule has 2 rings (SSSR count). The third-order valence-corrected chi connectivity index (χ3v) is 4.27. The largest absolute Gasteiger partial charge is 0.306 e. The molecule has 2 aromatic rings. The number of halogens is 3. The number of benzene rings is 2. The fourth-order valence-corrected chi connectivity index (χ4v) is 2.65. The minimum absolute atomic E-state index is 0.0710. The summed E-state index contributed by atoms with van der Waals surface area (Å²) in [5.74, 6) is -1.05. The van der Waals surface area contributed by atoms with Gasteiger partial charge < -0.3 is 5.32 Å². The minimum atomic E-state index is -0.527. The van der Waals surface area contributed by atoms with E-state index in [2.05, 4.69) is 21.2 Å². The molecule has 0 aliphatic rings. The molecule has 0 saturated carbocycles. The minimum Gasteiger partial charge on any atom is -0.306 e. The van der Waals surface area contributed by atoms with E-state index in [1.165, 1.54) is 18.2 Å². The van der Waals surface area contributed by atoms with Crippen LogP contribution in [0, 0.1) is 18.6 Å². The van der Waals surface area contributed by atoms with Crippen molar-refractivity contribution >= 4 is 15.9 Å². The Balaban J connectivity index is 2.49. The molecule has 0 aliphatic carbocycles. The van der Waals surface area contributed by atoms with Gasteiger partial charge in [-0.3, -0.25) is 0 Å². The summed E-state index contributed by atoms with van der Waals surface area (Å²) in [4.78, 5) is 0. The Hall–Kier alpha value is -1.26. The van der Waals surface area contributed by atoms with Crippen LogP contribution in [-0.2, 0) is 0 Å². The standard InChI is InChI=1S/C17H18BrF2N/c1-3-9-21-17(12-8-7-11(2)13(18)10-12)16-14(19)5-4-6-15(16)20/h4-8,10,17,21H,3,9H2,1-2H3. The first kappa shape index (κ1) is 16.1. The smallest absolute Gasteiger partial charge is 0.131 e. The highest BCUT2D eigenvalue weighted by Crippen LogP contribution is 2.29. The molecule has 1 nitrogen and oxygen atoms in total. The molecule has 21 heavy (non-hydrogen) atoms. The molecule has 1 atom stereocenters. The molecule has 1 N–H and O–H groups in total. The second-order valence-electron chi connectivity index (χ2n) is 5.03. The number of nitrogens with one attached hydrogen (secondary N) is 1. The van der Waals surface area contributed by atoms with Crippen LogP contribution in [0.1, 0.15) is 36.1 Å². The second-order valence-corrected chi connectivity index (χ2v) is 5.89. The van der Waals surface area contributed by atoms with E-state index in [-0.39, 0.29) is 5.56 Å². The van der Waals surface area contributed by atoms with Crippen molar-refractivity contribution in [1.82, 2.24) is 5.32 Å². The monoisotopic (exact) mass is 353 g/mol. The van der Waals surface area contributed by atoms with Gasteiger partial charge in [0.05, 0.1) is 6.04 Å².